The standard InChI is InChI=1S/C12H17F3N4O/c13-12(14,15)11-18-9(16)5-10(19-11)17-6-7-1-3-8(20)4-2-7/h5,7-8,20H,1-4,6H2,(H3,16,17,18,19). The van der Waals surface area contributed by atoms with Crippen molar-refractivity contribution < 1.29 is 18.3 Å². The highest BCUT2D eigenvalue weighted by atomic mass is 19.4. The van der Waals surface area contributed by atoms with E-state index in [0.717, 1.165) is 25.7 Å². The average molecular weight is 290 g/mol. The molecule has 1 fully saturated rings. The van der Waals surface area contributed by atoms with Crippen molar-refractivity contribution in [2.24, 2.45) is 5.92 Å². The van der Waals surface area contributed by atoms with Crippen LogP contribution in [0.1, 0.15) is 31.5 Å². The van der Waals surface area contributed by atoms with Crippen LogP contribution in [0, 0.1) is 5.92 Å². The molecule has 0 atom stereocenters. The van der Waals surface area contributed by atoms with Crippen LogP contribution >= 0.6 is 0 Å². The fraction of sp³-hybridized carbons (Fsp3) is 0.667. The van der Waals surface area contributed by atoms with Crippen LogP contribution in [-0.4, -0.2) is 27.7 Å². The summed E-state index contributed by atoms with van der Waals surface area (Å²) in [5, 5.41) is 12.3. The lowest BCUT2D eigenvalue weighted by molar-refractivity contribution is -0.144. The van der Waals surface area contributed by atoms with Gasteiger partial charge in [0.05, 0.1) is 6.10 Å². The fourth-order valence-corrected chi connectivity index (χ4v) is 2.28. The van der Waals surface area contributed by atoms with Gasteiger partial charge >= 0.3 is 6.18 Å². The largest absolute Gasteiger partial charge is 0.451 e. The number of nitrogens with two attached hydrogens (primary N) is 1. The van der Waals surface area contributed by atoms with Crippen LogP contribution in [0.15, 0.2) is 6.07 Å². The maximum absolute atomic E-state index is 12.5. The van der Waals surface area contributed by atoms with Gasteiger partial charge in [-0.25, -0.2) is 9.97 Å². The first-order chi connectivity index (χ1) is 9.34. The number of aliphatic hydroxyl groups excluding tert-OH is 1. The van der Waals surface area contributed by atoms with Crippen LogP contribution < -0.4 is 11.1 Å². The Labute approximate surface area is 114 Å². The van der Waals surface area contributed by atoms with Crippen LogP contribution in [0.3, 0.4) is 0 Å². The van der Waals surface area contributed by atoms with E-state index in [2.05, 4.69) is 15.3 Å². The topological polar surface area (TPSA) is 84.1 Å². The molecule has 1 heterocycles. The third-order valence-corrected chi connectivity index (χ3v) is 3.39. The Morgan fingerprint density at radius 3 is 2.50 bits per heavy atom. The van der Waals surface area contributed by atoms with Gasteiger partial charge in [-0.05, 0) is 31.6 Å². The molecule has 1 aromatic heterocycles. The molecule has 8 heteroatoms. The van der Waals surface area contributed by atoms with Crippen molar-refractivity contribution in [3.05, 3.63) is 11.9 Å². The molecule has 20 heavy (non-hydrogen) atoms. The molecule has 1 aromatic rings. The summed E-state index contributed by atoms with van der Waals surface area (Å²) >= 11 is 0. The quantitative estimate of drug-likeness (QED) is 0.793. The van der Waals surface area contributed by atoms with Crippen molar-refractivity contribution in [2.75, 3.05) is 17.6 Å². The van der Waals surface area contributed by atoms with Crippen molar-refractivity contribution in [1.82, 2.24) is 9.97 Å². The number of nitrogen functional groups attached to an aromatic ring is 1. The second-order valence-corrected chi connectivity index (χ2v) is 5.05. The van der Waals surface area contributed by atoms with E-state index in [9.17, 15) is 18.3 Å². The minimum Gasteiger partial charge on any atom is -0.393 e. The molecule has 0 amide bonds. The number of rotatable bonds is 3. The molecule has 1 aliphatic carbocycles. The second kappa shape index (κ2) is 5.82. The Balaban J connectivity index is 1.97. The predicted molar refractivity (Wildman–Crippen MR) is 67.9 cm³/mol. The zero-order valence-corrected chi connectivity index (χ0v) is 10.8. The minimum absolute atomic E-state index is 0.0796. The van der Waals surface area contributed by atoms with E-state index in [1.807, 2.05) is 0 Å². The summed E-state index contributed by atoms with van der Waals surface area (Å²) in [6.45, 7) is 0.514. The van der Waals surface area contributed by atoms with Crippen molar-refractivity contribution in [3.8, 4) is 0 Å². The number of nitrogens with zero attached hydrogens (tertiary/aromatic N) is 2. The Hall–Kier alpha value is -1.57. The van der Waals surface area contributed by atoms with Gasteiger partial charge in [0, 0.05) is 12.6 Å². The van der Waals surface area contributed by atoms with E-state index in [4.69, 9.17) is 5.73 Å². The maximum atomic E-state index is 12.5. The van der Waals surface area contributed by atoms with Gasteiger partial charge in [-0.3, -0.25) is 0 Å². The molecule has 0 aliphatic heterocycles. The molecular weight excluding hydrogens is 273 g/mol. The Morgan fingerprint density at radius 1 is 1.25 bits per heavy atom. The highest BCUT2D eigenvalue weighted by Crippen LogP contribution is 2.28. The number of halogens is 3. The van der Waals surface area contributed by atoms with E-state index in [-0.39, 0.29) is 17.7 Å². The SMILES string of the molecule is Nc1cc(NCC2CCC(O)CC2)nc(C(F)(F)F)n1. The van der Waals surface area contributed by atoms with Crippen molar-refractivity contribution in [1.29, 1.82) is 0 Å². The summed E-state index contributed by atoms with van der Waals surface area (Å²) in [6.07, 6.45) is -1.71. The van der Waals surface area contributed by atoms with Crippen LogP contribution in [0.5, 0.6) is 0 Å². The third-order valence-electron chi connectivity index (χ3n) is 3.39. The van der Waals surface area contributed by atoms with Crippen molar-refractivity contribution in [2.45, 2.75) is 38.0 Å². The van der Waals surface area contributed by atoms with Gasteiger partial charge in [-0.15, -0.1) is 0 Å². The molecule has 4 N–H and O–H groups in total. The normalized spacial score (nSPS) is 23.6. The Morgan fingerprint density at radius 2 is 1.90 bits per heavy atom. The molecule has 5 nitrogen and oxygen atoms in total. The summed E-state index contributed by atoms with van der Waals surface area (Å²) in [6, 6.07) is 1.28. The van der Waals surface area contributed by atoms with Crippen molar-refractivity contribution in [3.63, 3.8) is 0 Å². The van der Waals surface area contributed by atoms with Crippen LogP contribution in [-0.2, 0) is 6.18 Å². The Kier molecular flexibility index (Phi) is 4.32. The lowest BCUT2D eigenvalue weighted by atomic mass is 9.87. The van der Waals surface area contributed by atoms with Gasteiger partial charge in [0.25, 0.3) is 0 Å². The van der Waals surface area contributed by atoms with Gasteiger partial charge in [-0.2, -0.15) is 13.2 Å². The molecule has 1 aliphatic rings. The molecule has 0 radical (unpaired) electrons. The highest BCUT2D eigenvalue weighted by molar-refractivity contribution is 5.44. The molecule has 0 spiro atoms. The van der Waals surface area contributed by atoms with Crippen LogP contribution in [0.2, 0.25) is 0 Å². The molecule has 2 rings (SSSR count). The van der Waals surface area contributed by atoms with Gasteiger partial charge < -0.3 is 16.2 Å². The molecule has 112 valence electrons. The fourth-order valence-electron chi connectivity index (χ4n) is 2.28. The highest BCUT2D eigenvalue weighted by Gasteiger charge is 2.35. The number of anilines is 2. The summed E-state index contributed by atoms with van der Waals surface area (Å²) in [5.41, 5.74) is 5.36. The molecule has 0 saturated heterocycles. The van der Waals surface area contributed by atoms with Gasteiger partial charge in [0.1, 0.15) is 11.6 Å². The smallest absolute Gasteiger partial charge is 0.393 e. The van der Waals surface area contributed by atoms with E-state index in [1.54, 1.807) is 0 Å². The lowest BCUT2D eigenvalue weighted by Crippen LogP contribution is -2.24. The first-order valence-electron chi connectivity index (χ1n) is 6.48. The zero-order valence-electron chi connectivity index (χ0n) is 10.8. The number of hydrogen-bond donors (Lipinski definition) is 3. The predicted octanol–water partition coefficient (Wildman–Crippen LogP) is 2.04. The minimum atomic E-state index is -4.61. The van der Waals surface area contributed by atoms with Gasteiger partial charge in [0.2, 0.25) is 5.82 Å². The summed E-state index contributed by atoms with van der Waals surface area (Å²) in [4.78, 5) is 6.61. The first kappa shape index (κ1) is 14.8. The third kappa shape index (κ3) is 3.96. The molecule has 0 unspecified atom stereocenters. The molecule has 0 bridgehead atoms. The number of hydrogen-bond acceptors (Lipinski definition) is 5. The number of nitrogens with one attached hydrogen (secondary N) is 1. The Bertz CT molecular complexity index is 459. The van der Waals surface area contributed by atoms with E-state index >= 15 is 0 Å². The summed E-state index contributed by atoms with van der Waals surface area (Å²) in [7, 11) is 0. The van der Waals surface area contributed by atoms with Crippen molar-refractivity contribution >= 4 is 11.6 Å². The van der Waals surface area contributed by atoms with E-state index in [0.29, 0.717) is 12.5 Å². The van der Waals surface area contributed by atoms with E-state index < -0.39 is 12.0 Å². The summed E-state index contributed by atoms with van der Waals surface area (Å²) in [5.74, 6) is -1.05. The number of aromatic nitrogens is 2. The number of alkyl halides is 3. The van der Waals surface area contributed by atoms with Crippen LogP contribution in [0.4, 0.5) is 24.8 Å². The maximum Gasteiger partial charge on any atom is 0.451 e. The second-order valence-electron chi connectivity index (χ2n) is 5.05. The molecule has 0 aromatic carbocycles. The van der Waals surface area contributed by atoms with Crippen LogP contribution in [0.25, 0.3) is 0 Å². The average Bonchev–Trinajstić information content (AvgIpc) is 2.36. The molecular formula is C12H17F3N4O. The molecule has 1 saturated carbocycles. The first-order valence-corrected chi connectivity index (χ1v) is 6.48. The lowest BCUT2D eigenvalue weighted by Gasteiger charge is -2.25. The monoisotopic (exact) mass is 290 g/mol. The van der Waals surface area contributed by atoms with E-state index in [1.165, 1.54) is 6.07 Å². The van der Waals surface area contributed by atoms with Gasteiger partial charge in [0.15, 0.2) is 0 Å². The zero-order chi connectivity index (χ0) is 14.8. The summed E-state index contributed by atoms with van der Waals surface area (Å²) < 4.78 is 37.6. The van der Waals surface area contributed by atoms with Gasteiger partial charge in [-0.1, -0.05) is 0 Å². The number of aliphatic hydroxyl groups is 1.